The van der Waals surface area contributed by atoms with E-state index in [1.54, 1.807) is 0 Å². The topological polar surface area (TPSA) is 29.1 Å². The van der Waals surface area contributed by atoms with Crippen molar-refractivity contribution in [1.29, 1.82) is 0 Å². The van der Waals surface area contributed by atoms with E-state index >= 15 is 0 Å². The molecule has 1 aromatic rings. The third kappa shape index (κ3) is 1.36. The fourth-order valence-corrected chi connectivity index (χ4v) is 2.25. The van der Waals surface area contributed by atoms with Gasteiger partial charge >= 0.3 is 0 Å². The van der Waals surface area contributed by atoms with Crippen LogP contribution in [0.3, 0.4) is 0 Å². The minimum absolute atomic E-state index is 0.0151. The summed E-state index contributed by atoms with van der Waals surface area (Å²) in [5, 5.41) is 2.98. The number of carbonyl (C=O) groups excluding carboxylic acids is 1. The van der Waals surface area contributed by atoms with Crippen molar-refractivity contribution < 1.29 is 4.79 Å². The first-order chi connectivity index (χ1) is 6.52. The van der Waals surface area contributed by atoms with Crippen LogP contribution in [0.5, 0.6) is 0 Å². The van der Waals surface area contributed by atoms with E-state index in [0.717, 1.165) is 11.1 Å². The Bertz CT molecular complexity index is 387. The summed E-state index contributed by atoms with van der Waals surface area (Å²) in [7, 11) is 0. The van der Waals surface area contributed by atoms with Crippen molar-refractivity contribution in [2.45, 2.75) is 24.2 Å². The summed E-state index contributed by atoms with van der Waals surface area (Å²) in [5.41, 5.74) is 1.61. The number of rotatable bonds is 0. The highest BCUT2D eigenvalue weighted by Gasteiger charge is 2.37. The van der Waals surface area contributed by atoms with Crippen LogP contribution in [0.15, 0.2) is 24.3 Å². The summed E-state index contributed by atoms with van der Waals surface area (Å²) < 4.78 is 0. The minimum Gasteiger partial charge on any atom is -0.346 e. The van der Waals surface area contributed by atoms with Gasteiger partial charge in [0.1, 0.15) is 0 Å². The fourth-order valence-electron chi connectivity index (χ4n) is 1.74. The molecular formula is C11H12BrNO. The number of halogens is 1. The molecule has 1 aromatic carbocycles. The van der Waals surface area contributed by atoms with Gasteiger partial charge < -0.3 is 5.32 Å². The first-order valence-electron chi connectivity index (χ1n) is 4.58. The molecule has 0 saturated carbocycles. The van der Waals surface area contributed by atoms with Crippen LogP contribution in [0.4, 0.5) is 0 Å². The number of nitrogens with one attached hydrogen (secondary N) is 1. The molecule has 1 amide bonds. The van der Waals surface area contributed by atoms with Gasteiger partial charge in [-0.25, -0.2) is 0 Å². The monoisotopic (exact) mass is 253 g/mol. The molecule has 2 rings (SSSR count). The lowest BCUT2D eigenvalue weighted by atomic mass is 9.87. The lowest BCUT2D eigenvalue weighted by Gasteiger charge is -2.37. The number of carbonyl (C=O) groups is 1. The van der Waals surface area contributed by atoms with Crippen molar-refractivity contribution in [2.75, 3.05) is 0 Å². The van der Waals surface area contributed by atoms with Crippen molar-refractivity contribution in [1.82, 2.24) is 5.32 Å². The number of hydrogen-bond acceptors (Lipinski definition) is 1. The van der Waals surface area contributed by atoms with Crippen LogP contribution in [0.1, 0.15) is 34.6 Å². The summed E-state index contributed by atoms with van der Waals surface area (Å²) in [6, 6.07) is 7.70. The molecule has 1 aliphatic heterocycles. The van der Waals surface area contributed by atoms with Crippen LogP contribution < -0.4 is 5.32 Å². The Balaban J connectivity index is 2.57. The first kappa shape index (κ1) is 9.71. The minimum atomic E-state index is -0.231. The van der Waals surface area contributed by atoms with Gasteiger partial charge in [-0.1, -0.05) is 34.1 Å². The molecule has 3 heteroatoms. The molecule has 1 heterocycles. The van der Waals surface area contributed by atoms with Crippen LogP contribution >= 0.6 is 15.9 Å². The normalized spacial score (nSPS) is 23.9. The van der Waals surface area contributed by atoms with Gasteiger partial charge in [0.05, 0.1) is 10.4 Å². The predicted molar refractivity (Wildman–Crippen MR) is 59.7 cm³/mol. The van der Waals surface area contributed by atoms with Gasteiger partial charge in [0, 0.05) is 5.56 Å². The second-order valence-electron chi connectivity index (χ2n) is 4.13. The Morgan fingerprint density at radius 3 is 2.71 bits per heavy atom. The molecule has 1 aliphatic rings. The highest BCUT2D eigenvalue weighted by atomic mass is 79.9. The quantitative estimate of drug-likeness (QED) is 0.708. The van der Waals surface area contributed by atoms with E-state index in [-0.39, 0.29) is 16.3 Å². The van der Waals surface area contributed by atoms with Crippen molar-refractivity contribution >= 4 is 21.8 Å². The Hall–Kier alpha value is -0.830. The maximum atomic E-state index is 11.7. The van der Waals surface area contributed by atoms with E-state index in [2.05, 4.69) is 21.2 Å². The van der Waals surface area contributed by atoms with Gasteiger partial charge in [0.2, 0.25) is 0 Å². The number of fused-ring (bicyclic) bond motifs is 1. The smallest absolute Gasteiger partial charge is 0.252 e. The van der Waals surface area contributed by atoms with E-state index < -0.39 is 0 Å². The van der Waals surface area contributed by atoms with Crippen molar-refractivity contribution in [2.24, 2.45) is 0 Å². The van der Waals surface area contributed by atoms with E-state index in [0.29, 0.717) is 0 Å². The van der Waals surface area contributed by atoms with Gasteiger partial charge in [0.25, 0.3) is 5.91 Å². The molecule has 0 saturated heterocycles. The molecule has 0 aliphatic carbocycles. The molecule has 2 nitrogen and oxygen atoms in total. The van der Waals surface area contributed by atoms with E-state index in [9.17, 15) is 4.79 Å². The third-order valence-electron chi connectivity index (χ3n) is 2.55. The van der Waals surface area contributed by atoms with Gasteiger partial charge in [-0.2, -0.15) is 0 Å². The molecule has 0 aromatic heterocycles. The largest absolute Gasteiger partial charge is 0.346 e. The Morgan fingerprint density at radius 1 is 1.36 bits per heavy atom. The molecule has 0 radical (unpaired) electrons. The highest BCUT2D eigenvalue weighted by Crippen LogP contribution is 2.38. The summed E-state index contributed by atoms with van der Waals surface area (Å²) in [6.07, 6.45) is 0. The molecule has 0 bridgehead atoms. The van der Waals surface area contributed by atoms with Crippen LogP contribution in [-0.2, 0) is 0 Å². The number of benzene rings is 1. The fraction of sp³-hybridized carbons (Fsp3) is 0.364. The van der Waals surface area contributed by atoms with E-state index in [4.69, 9.17) is 0 Å². The van der Waals surface area contributed by atoms with Crippen LogP contribution in [0.2, 0.25) is 0 Å². The van der Waals surface area contributed by atoms with Gasteiger partial charge in [-0.15, -0.1) is 0 Å². The lowest BCUT2D eigenvalue weighted by molar-refractivity contribution is 0.0896. The molecule has 1 N–H and O–H groups in total. The Morgan fingerprint density at radius 2 is 2.00 bits per heavy atom. The Kier molecular flexibility index (Phi) is 2.14. The van der Waals surface area contributed by atoms with Gasteiger partial charge in [-0.3, -0.25) is 4.79 Å². The van der Waals surface area contributed by atoms with Crippen LogP contribution in [-0.4, -0.2) is 11.4 Å². The zero-order valence-electron chi connectivity index (χ0n) is 8.17. The SMILES string of the molecule is CC1(C)NC(=O)c2ccccc2C1Br. The molecule has 0 fully saturated rings. The van der Waals surface area contributed by atoms with E-state index in [1.807, 2.05) is 38.1 Å². The maximum Gasteiger partial charge on any atom is 0.252 e. The highest BCUT2D eigenvalue weighted by molar-refractivity contribution is 9.09. The van der Waals surface area contributed by atoms with Crippen LogP contribution in [0, 0.1) is 0 Å². The molecule has 14 heavy (non-hydrogen) atoms. The van der Waals surface area contributed by atoms with E-state index in [1.165, 1.54) is 0 Å². The molecular weight excluding hydrogens is 242 g/mol. The second kappa shape index (κ2) is 3.09. The second-order valence-corrected chi connectivity index (χ2v) is 5.04. The van der Waals surface area contributed by atoms with Gasteiger partial charge in [-0.05, 0) is 25.5 Å². The zero-order valence-corrected chi connectivity index (χ0v) is 9.76. The molecule has 1 atom stereocenters. The molecule has 1 unspecified atom stereocenters. The first-order valence-corrected chi connectivity index (χ1v) is 5.49. The lowest BCUT2D eigenvalue weighted by Crippen LogP contribution is -2.50. The number of amides is 1. The average Bonchev–Trinajstić information content (AvgIpc) is 2.14. The average molecular weight is 254 g/mol. The van der Waals surface area contributed by atoms with Crippen LogP contribution in [0.25, 0.3) is 0 Å². The summed E-state index contributed by atoms with van der Waals surface area (Å²) >= 11 is 3.62. The maximum absolute atomic E-state index is 11.7. The van der Waals surface area contributed by atoms with Gasteiger partial charge in [0.15, 0.2) is 0 Å². The summed E-state index contributed by atoms with van der Waals surface area (Å²) in [6.45, 7) is 4.03. The number of alkyl halides is 1. The predicted octanol–water partition coefficient (Wildman–Crippen LogP) is 2.64. The Labute approximate surface area is 91.8 Å². The standard InChI is InChI=1S/C11H12BrNO/c1-11(2)9(12)7-5-3-4-6-8(7)10(14)13-11/h3-6,9H,1-2H3,(H,13,14). The molecule has 74 valence electrons. The summed E-state index contributed by atoms with van der Waals surface area (Å²) in [5.74, 6) is 0.0151. The van der Waals surface area contributed by atoms with Crippen molar-refractivity contribution in [3.63, 3.8) is 0 Å². The number of hydrogen-bond donors (Lipinski definition) is 1. The molecule has 0 spiro atoms. The van der Waals surface area contributed by atoms with Crippen molar-refractivity contribution in [3.05, 3.63) is 35.4 Å². The third-order valence-corrected chi connectivity index (χ3v) is 4.19. The van der Waals surface area contributed by atoms with Crippen molar-refractivity contribution in [3.8, 4) is 0 Å². The summed E-state index contributed by atoms with van der Waals surface area (Å²) in [4.78, 5) is 11.9. The zero-order chi connectivity index (χ0) is 10.3.